The van der Waals surface area contributed by atoms with Gasteiger partial charge in [0.25, 0.3) is 0 Å². The summed E-state index contributed by atoms with van der Waals surface area (Å²) >= 11 is 0. The number of rotatable bonds is 6. The lowest BCUT2D eigenvalue weighted by Gasteiger charge is -2.09. The third-order valence-corrected chi connectivity index (χ3v) is 4.13. The second-order valence-corrected chi connectivity index (χ2v) is 5.47. The molecule has 0 amide bonds. The van der Waals surface area contributed by atoms with Crippen LogP contribution < -0.4 is 5.73 Å². The van der Waals surface area contributed by atoms with E-state index in [1.54, 1.807) is 0 Å². The summed E-state index contributed by atoms with van der Waals surface area (Å²) in [4.78, 5) is 14.6. The van der Waals surface area contributed by atoms with Gasteiger partial charge in [-0.25, -0.2) is 0 Å². The number of nitrogens with two attached hydrogens (primary N) is 1. The number of carboxylic acids is 1. The average molecular weight is 288 g/mol. The lowest BCUT2D eigenvalue weighted by atomic mass is 9.97. The molecule has 0 unspecified atom stereocenters. The van der Waals surface area contributed by atoms with Crippen LogP contribution in [0.1, 0.15) is 43.2 Å². The van der Waals surface area contributed by atoms with Crippen LogP contribution in [0.3, 0.4) is 0 Å². The van der Waals surface area contributed by atoms with Gasteiger partial charge in [-0.1, -0.05) is 26.8 Å². The summed E-state index contributed by atoms with van der Waals surface area (Å²) in [6.07, 6.45) is 3.15. The summed E-state index contributed by atoms with van der Waals surface area (Å²) < 4.78 is 0. The largest absolute Gasteiger partial charge is 0.480 e. The van der Waals surface area contributed by atoms with Crippen LogP contribution in [0.25, 0.3) is 10.9 Å². The number of hydrogen-bond acceptors (Lipinski definition) is 2. The molecule has 0 spiro atoms. The second-order valence-electron chi connectivity index (χ2n) is 5.47. The summed E-state index contributed by atoms with van der Waals surface area (Å²) in [6.45, 7) is 6.35. The standard InChI is InChI=1S/C17H24N2O2/c1-4-10-7-11(5-2)16-13(8-10)12(15(6-3)19-16)9-14(18)17(20)21/h7-8,14,19H,4-6,9,18H2,1-3H3,(H,20,21)/t14-/m0/s1. The molecule has 0 fully saturated rings. The number of hydrogen-bond donors (Lipinski definition) is 3. The molecule has 4 nitrogen and oxygen atoms in total. The van der Waals surface area contributed by atoms with Crippen molar-refractivity contribution >= 4 is 16.9 Å². The molecule has 1 heterocycles. The van der Waals surface area contributed by atoms with E-state index in [-0.39, 0.29) is 0 Å². The molecule has 0 aliphatic heterocycles. The highest BCUT2D eigenvalue weighted by atomic mass is 16.4. The molecule has 0 aliphatic carbocycles. The van der Waals surface area contributed by atoms with Gasteiger partial charge < -0.3 is 15.8 Å². The maximum Gasteiger partial charge on any atom is 0.320 e. The summed E-state index contributed by atoms with van der Waals surface area (Å²) in [5, 5.41) is 10.2. The van der Waals surface area contributed by atoms with Gasteiger partial charge in [0.05, 0.1) is 0 Å². The Morgan fingerprint density at radius 2 is 1.95 bits per heavy atom. The fourth-order valence-corrected chi connectivity index (χ4v) is 2.87. The predicted molar refractivity (Wildman–Crippen MR) is 85.7 cm³/mol. The summed E-state index contributed by atoms with van der Waals surface area (Å²) in [7, 11) is 0. The third-order valence-electron chi connectivity index (χ3n) is 4.13. The molecule has 0 bridgehead atoms. The van der Waals surface area contributed by atoms with Crippen molar-refractivity contribution in [2.24, 2.45) is 5.73 Å². The van der Waals surface area contributed by atoms with Gasteiger partial charge in [-0.2, -0.15) is 0 Å². The van der Waals surface area contributed by atoms with Crippen molar-refractivity contribution in [3.8, 4) is 0 Å². The van der Waals surface area contributed by atoms with Crippen LogP contribution in [0.15, 0.2) is 12.1 Å². The Morgan fingerprint density at radius 1 is 1.24 bits per heavy atom. The number of nitrogens with one attached hydrogen (secondary N) is 1. The number of aromatic amines is 1. The first-order valence-electron chi connectivity index (χ1n) is 7.65. The van der Waals surface area contributed by atoms with Crippen LogP contribution in [-0.4, -0.2) is 22.1 Å². The normalized spacial score (nSPS) is 12.8. The molecule has 2 aromatic rings. The van der Waals surface area contributed by atoms with Crippen molar-refractivity contribution in [2.45, 2.75) is 52.5 Å². The van der Waals surface area contributed by atoms with E-state index in [0.717, 1.165) is 41.4 Å². The fourth-order valence-electron chi connectivity index (χ4n) is 2.87. The number of aromatic nitrogens is 1. The Balaban J connectivity index is 2.63. The van der Waals surface area contributed by atoms with Crippen LogP contribution in [0.5, 0.6) is 0 Å². The first-order valence-corrected chi connectivity index (χ1v) is 7.65. The Hall–Kier alpha value is -1.81. The van der Waals surface area contributed by atoms with Gasteiger partial charge in [0.2, 0.25) is 0 Å². The highest BCUT2D eigenvalue weighted by molar-refractivity contribution is 5.89. The van der Waals surface area contributed by atoms with Crippen molar-refractivity contribution < 1.29 is 9.90 Å². The Morgan fingerprint density at radius 3 is 2.48 bits per heavy atom. The first-order chi connectivity index (χ1) is 10.0. The van der Waals surface area contributed by atoms with Crippen LogP contribution in [-0.2, 0) is 30.5 Å². The minimum atomic E-state index is -0.950. The van der Waals surface area contributed by atoms with Gasteiger partial charge >= 0.3 is 5.97 Å². The first kappa shape index (κ1) is 15.6. The smallest absolute Gasteiger partial charge is 0.320 e. The van der Waals surface area contributed by atoms with Crippen molar-refractivity contribution in [3.05, 3.63) is 34.5 Å². The monoisotopic (exact) mass is 288 g/mol. The number of aryl methyl sites for hydroxylation is 3. The quantitative estimate of drug-likeness (QED) is 0.764. The molecule has 1 aromatic carbocycles. The summed E-state index contributed by atoms with van der Waals surface area (Å²) in [5.41, 5.74) is 11.6. The van der Waals surface area contributed by atoms with Crippen LogP contribution in [0.2, 0.25) is 0 Å². The Labute approximate surface area is 125 Å². The third kappa shape index (κ3) is 2.95. The lowest BCUT2D eigenvalue weighted by molar-refractivity contribution is -0.138. The lowest BCUT2D eigenvalue weighted by Crippen LogP contribution is -2.32. The zero-order valence-electron chi connectivity index (χ0n) is 13.0. The molecule has 1 aromatic heterocycles. The number of carbonyl (C=O) groups is 1. The van der Waals surface area contributed by atoms with Gasteiger partial charge in [0, 0.05) is 23.0 Å². The minimum Gasteiger partial charge on any atom is -0.480 e. The topological polar surface area (TPSA) is 79.1 Å². The molecule has 21 heavy (non-hydrogen) atoms. The van der Waals surface area contributed by atoms with Crippen molar-refractivity contribution in [1.82, 2.24) is 4.98 Å². The van der Waals surface area contributed by atoms with Crippen LogP contribution in [0, 0.1) is 0 Å². The zero-order valence-corrected chi connectivity index (χ0v) is 13.0. The number of benzene rings is 1. The zero-order chi connectivity index (χ0) is 15.6. The SMILES string of the molecule is CCc1cc(CC)c2[nH]c(CC)c(C[C@H](N)C(=O)O)c2c1. The molecule has 0 saturated carbocycles. The van der Waals surface area contributed by atoms with Gasteiger partial charge in [-0.05, 0) is 42.0 Å². The van der Waals surface area contributed by atoms with E-state index < -0.39 is 12.0 Å². The van der Waals surface area contributed by atoms with E-state index >= 15 is 0 Å². The van der Waals surface area contributed by atoms with E-state index in [4.69, 9.17) is 10.8 Å². The van der Waals surface area contributed by atoms with Gasteiger partial charge in [0.15, 0.2) is 0 Å². The molecule has 0 radical (unpaired) electrons. The van der Waals surface area contributed by atoms with Crippen molar-refractivity contribution in [3.63, 3.8) is 0 Å². The summed E-state index contributed by atoms with van der Waals surface area (Å²) in [6, 6.07) is 3.55. The van der Waals surface area contributed by atoms with Gasteiger partial charge in [-0.3, -0.25) is 4.79 Å². The molecule has 4 heteroatoms. The van der Waals surface area contributed by atoms with E-state index in [9.17, 15) is 4.79 Å². The molecule has 1 atom stereocenters. The second kappa shape index (κ2) is 6.31. The molecular formula is C17H24N2O2. The summed E-state index contributed by atoms with van der Waals surface area (Å²) in [5.74, 6) is -0.950. The van der Waals surface area contributed by atoms with E-state index in [1.165, 1.54) is 11.1 Å². The minimum absolute atomic E-state index is 0.370. The molecule has 114 valence electrons. The Bertz CT molecular complexity index is 658. The number of H-pyrrole nitrogens is 1. The predicted octanol–water partition coefficient (Wildman–Crippen LogP) is 2.81. The number of fused-ring (bicyclic) bond motifs is 1. The average Bonchev–Trinajstić information content (AvgIpc) is 2.83. The van der Waals surface area contributed by atoms with Gasteiger partial charge in [0.1, 0.15) is 6.04 Å². The van der Waals surface area contributed by atoms with Gasteiger partial charge in [-0.15, -0.1) is 0 Å². The van der Waals surface area contributed by atoms with E-state index in [1.807, 2.05) is 0 Å². The number of carboxylic acid groups (broad SMARTS) is 1. The highest BCUT2D eigenvalue weighted by Gasteiger charge is 2.19. The van der Waals surface area contributed by atoms with E-state index in [0.29, 0.717) is 6.42 Å². The maximum absolute atomic E-state index is 11.1. The van der Waals surface area contributed by atoms with Crippen LogP contribution in [0.4, 0.5) is 0 Å². The fraction of sp³-hybridized carbons (Fsp3) is 0.471. The number of aliphatic carboxylic acids is 1. The van der Waals surface area contributed by atoms with Crippen molar-refractivity contribution in [1.29, 1.82) is 0 Å². The highest BCUT2D eigenvalue weighted by Crippen LogP contribution is 2.29. The van der Waals surface area contributed by atoms with Crippen molar-refractivity contribution in [2.75, 3.05) is 0 Å². The molecule has 0 saturated heterocycles. The Kier molecular flexibility index (Phi) is 4.68. The maximum atomic E-state index is 11.1. The molecule has 4 N–H and O–H groups in total. The molecule has 2 rings (SSSR count). The molecule has 0 aliphatic rings. The van der Waals surface area contributed by atoms with Crippen LogP contribution >= 0.6 is 0 Å². The molecular weight excluding hydrogens is 264 g/mol. The van der Waals surface area contributed by atoms with E-state index in [2.05, 4.69) is 37.9 Å².